The van der Waals surface area contributed by atoms with Crippen molar-refractivity contribution in [2.75, 3.05) is 13.6 Å². The molecule has 1 aromatic heterocycles. The van der Waals surface area contributed by atoms with E-state index >= 15 is 0 Å². The predicted molar refractivity (Wildman–Crippen MR) is 80.0 cm³/mol. The fraction of sp³-hybridized carbons (Fsp3) is 0.353. The molecule has 0 saturated carbocycles. The Kier molecular flexibility index (Phi) is 2.49. The third-order valence-electron chi connectivity index (χ3n) is 4.49. The Morgan fingerprint density at radius 3 is 2.95 bits per heavy atom. The first-order chi connectivity index (χ1) is 9.76. The molecule has 3 heteroatoms. The standard InChI is InChI=1S/C17H18N2O/c1-19-11-17(18-12-19)8-7-14-13(10-17)4-2-5-15(14)16-6-3-9-20-16/h2-6,9,12H,7-8,10-11H2,1H3. The maximum absolute atomic E-state index is 5.58. The van der Waals surface area contributed by atoms with Crippen molar-refractivity contribution in [2.24, 2.45) is 4.99 Å². The number of rotatable bonds is 1. The van der Waals surface area contributed by atoms with Gasteiger partial charge in [-0.1, -0.05) is 18.2 Å². The summed E-state index contributed by atoms with van der Waals surface area (Å²) < 4.78 is 5.58. The molecule has 1 spiro atoms. The predicted octanol–water partition coefficient (Wildman–Crippen LogP) is 3.15. The van der Waals surface area contributed by atoms with Crippen molar-refractivity contribution in [3.8, 4) is 11.3 Å². The molecular weight excluding hydrogens is 248 g/mol. The Labute approximate surface area is 118 Å². The van der Waals surface area contributed by atoms with Gasteiger partial charge in [-0.25, -0.2) is 0 Å². The van der Waals surface area contributed by atoms with Crippen molar-refractivity contribution < 1.29 is 4.42 Å². The molecule has 0 amide bonds. The molecule has 0 fully saturated rings. The van der Waals surface area contributed by atoms with Crippen molar-refractivity contribution in [1.82, 2.24) is 4.90 Å². The molecule has 20 heavy (non-hydrogen) atoms. The summed E-state index contributed by atoms with van der Waals surface area (Å²) in [6.07, 6.45) is 6.98. The van der Waals surface area contributed by atoms with Gasteiger partial charge < -0.3 is 9.32 Å². The summed E-state index contributed by atoms with van der Waals surface area (Å²) in [4.78, 5) is 6.97. The van der Waals surface area contributed by atoms with Crippen LogP contribution in [-0.2, 0) is 12.8 Å². The summed E-state index contributed by atoms with van der Waals surface area (Å²) in [5, 5.41) is 0. The monoisotopic (exact) mass is 266 g/mol. The largest absolute Gasteiger partial charge is 0.464 e. The summed E-state index contributed by atoms with van der Waals surface area (Å²) in [6, 6.07) is 10.5. The topological polar surface area (TPSA) is 28.7 Å². The molecule has 1 aromatic carbocycles. The summed E-state index contributed by atoms with van der Waals surface area (Å²) in [5.41, 5.74) is 4.22. The summed E-state index contributed by atoms with van der Waals surface area (Å²) >= 11 is 0. The maximum Gasteiger partial charge on any atom is 0.134 e. The summed E-state index contributed by atoms with van der Waals surface area (Å²) in [6.45, 7) is 1.04. The number of furan rings is 1. The van der Waals surface area contributed by atoms with Crippen LogP contribution in [0.5, 0.6) is 0 Å². The van der Waals surface area contributed by atoms with Crippen LogP contribution in [0.1, 0.15) is 17.5 Å². The van der Waals surface area contributed by atoms with Crippen molar-refractivity contribution >= 4 is 6.34 Å². The van der Waals surface area contributed by atoms with Crippen molar-refractivity contribution in [3.63, 3.8) is 0 Å². The molecule has 0 saturated heterocycles. The molecule has 2 aromatic rings. The van der Waals surface area contributed by atoms with E-state index in [0.717, 1.165) is 31.6 Å². The van der Waals surface area contributed by atoms with Gasteiger partial charge in [-0.15, -0.1) is 0 Å². The van der Waals surface area contributed by atoms with E-state index < -0.39 is 0 Å². The Balaban J connectivity index is 1.74. The van der Waals surface area contributed by atoms with Gasteiger partial charge in [-0.2, -0.15) is 0 Å². The number of fused-ring (bicyclic) bond motifs is 1. The molecule has 0 N–H and O–H groups in total. The van der Waals surface area contributed by atoms with E-state index in [1.807, 2.05) is 18.5 Å². The minimum absolute atomic E-state index is 0.101. The minimum atomic E-state index is 0.101. The second-order valence-corrected chi connectivity index (χ2v) is 5.98. The molecule has 1 unspecified atom stereocenters. The van der Waals surface area contributed by atoms with Crippen LogP contribution >= 0.6 is 0 Å². The van der Waals surface area contributed by atoms with Crippen LogP contribution in [-0.4, -0.2) is 30.4 Å². The third kappa shape index (κ3) is 1.77. The van der Waals surface area contributed by atoms with E-state index in [1.165, 1.54) is 16.7 Å². The van der Waals surface area contributed by atoms with E-state index in [1.54, 1.807) is 6.26 Å². The van der Waals surface area contributed by atoms with E-state index in [2.05, 4.69) is 30.1 Å². The average molecular weight is 266 g/mol. The molecule has 0 bridgehead atoms. The number of benzene rings is 1. The van der Waals surface area contributed by atoms with E-state index in [0.29, 0.717) is 0 Å². The smallest absolute Gasteiger partial charge is 0.134 e. The highest BCUT2D eigenvalue weighted by Gasteiger charge is 2.38. The second kappa shape index (κ2) is 4.23. The molecule has 3 nitrogen and oxygen atoms in total. The zero-order valence-electron chi connectivity index (χ0n) is 11.7. The number of nitrogens with zero attached hydrogens (tertiary/aromatic N) is 2. The highest BCUT2D eigenvalue weighted by molar-refractivity contribution is 5.66. The van der Waals surface area contributed by atoms with Gasteiger partial charge in [-0.3, -0.25) is 4.99 Å². The molecular formula is C17H18N2O. The first kappa shape index (κ1) is 11.8. The van der Waals surface area contributed by atoms with Gasteiger partial charge in [0.15, 0.2) is 0 Å². The zero-order chi connectivity index (χ0) is 13.6. The lowest BCUT2D eigenvalue weighted by Gasteiger charge is -2.33. The lowest BCUT2D eigenvalue weighted by Crippen LogP contribution is -2.38. The summed E-state index contributed by atoms with van der Waals surface area (Å²) in [5.74, 6) is 0.977. The van der Waals surface area contributed by atoms with Gasteiger partial charge in [0.2, 0.25) is 0 Å². The van der Waals surface area contributed by atoms with Gasteiger partial charge in [0.05, 0.1) is 18.1 Å². The SMILES string of the molecule is CN1C=NC2(CCc3c(cccc3-c3ccco3)C2)C1. The lowest BCUT2D eigenvalue weighted by molar-refractivity contribution is 0.336. The van der Waals surface area contributed by atoms with Crippen molar-refractivity contribution in [1.29, 1.82) is 0 Å². The van der Waals surface area contributed by atoms with Crippen LogP contribution in [0, 0.1) is 0 Å². The number of aliphatic imine (C=N–C) groups is 1. The summed E-state index contributed by atoms with van der Waals surface area (Å²) in [7, 11) is 2.10. The first-order valence-electron chi connectivity index (χ1n) is 7.16. The fourth-order valence-electron chi connectivity index (χ4n) is 3.57. The quantitative estimate of drug-likeness (QED) is 0.793. The molecule has 0 radical (unpaired) electrons. The maximum atomic E-state index is 5.58. The molecule has 2 heterocycles. The van der Waals surface area contributed by atoms with Crippen LogP contribution in [0.15, 0.2) is 46.0 Å². The Morgan fingerprint density at radius 1 is 1.25 bits per heavy atom. The third-order valence-corrected chi connectivity index (χ3v) is 4.49. The molecule has 2 aliphatic rings. The minimum Gasteiger partial charge on any atom is -0.464 e. The fourth-order valence-corrected chi connectivity index (χ4v) is 3.57. The van der Waals surface area contributed by atoms with Crippen LogP contribution in [0.4, 0.5) is 0 Å². The van der Waals surface area contributed by atoms with Gasteiger partial charge in [0.25, 0.3) is 0 Å². The van der Waals surface area contributed by atoms with Gasteiger partial charge in [0.1, 0.15) is 5.76 Å². The van der Waals surface area contributed by atoms with E-state index in [4.69, 9.17) is 9.41 Å². The molecule has 1 aliphatic heterocycles. The molecule has 1 atom stereocenters. The molecule has 4 rings (SSSR count). The normalized spacial score (nSPS) is 24.4. The average Bonchev–Trinajstić information content (AvgIpc) is 3.09. The Hall–Kier alpha value is -2.03. The molecule has 1 aliphatic carbocycles. The van der Waals surface area contributed by atoms with Crippen molar-refractivity contribution in [3.05, 3.63) is 47.7 Å². The van der Waals surface area contributed by atoms with Crippen LogP contribution < -0.4 is 0 Å². The van der Waals surface area contributed by atoms with Gasteiger partial charge in [0, 0.05) is 19.2 Å². The van der Waals surface area contributed by atoms with E-state index in [9.17, 15) is 0 Å². The lowest BCUT2D eigenvalue weighted by atomic mass is 9.77. The first-order valence-corrected chi connectivity index (χ1v) is 7.16. The highest BCUT2D eigenvalue weighted by Crippen LogP contribution is 2.38. The Morgan fingerprint density at radius 2 is 2.20 bits per heavy atom. The molecule has 102 valence electrons. The van der Waals surface area contributed by atoms with Gasteiger partial charge in [-0.05, 0) is 42.5 Å². The van der Waals surface area contributed by atoms with Crippen LogP contribution in [0.2, 0.25) is 0 Å². The number of hydrogen-bond donors (Lipinski definition) is 0. The number of hydrogen-bond acceptors (Lipinski definition) is 3. The highest BCUT2D eigenvalue weighted by atomic mass is 16.3. The van der Waals surface area contributed by atoms with Crippen LogP contribution in [0.25, 0.3) is 11.3 Å². The Bertz CT molecular complexity index is 660. The van der Waals surface area contributed by atoms with Crippen molar-refractivity contribution in [2.45, 2.75) is 24.8 Å². The second-order valence-electron chi connectivity index (χ2n) is 5.98. The van der Waals surface area contributed by atoms with Gasteiger partial charge >= 0.3 is 0 Å². The zero-order valence-corrected chi connectivity index (χ0v) is 11.7. The number of likely N-dealkylation sites (N-methyl/N-ethyl adjacent to an activating group) is 1. The van der Waals surface area contributed by atoms with Crippen LogP contribution in [0.3, 0.4) is 0 Å². The van der Waals surface area contributed by atoms with E-state index in [-0.39, 0.29) is 5.54 Å².